The van der Waals surface area contributed by atoms with Crippen LogP contribution in [-0.4, -0.2) is 60.9 Å². The summed E-state index contributed by atoms with van der Waals surface area (Å²) in [5.74, 6) is 0.239. The van der Waals surface area contributed by atoms with Gasteiger partial charge in [0, 0.05) is 56.5 Å². The molecule has 2 aliphatic rings. The lowest BCUT2D eigenvalue weighted by atomic mass is 10.0. The Morgan fingerprint density at radius 3 is 2.82 bits per heavy atom. The van der Waals surface area contributed by atoms with E-state index in [1.165, 1.54) is 6.26 Å². The summed E-state index contributed by atoms with van der Waals surface area (Å²) in [6, 6.07) is 2.24. The van der Waals surface area contributed by atoms with Gasteiger partial charge in [0.15, 0.2) is 5.76 Å². The number of carbonyl (C=O) groups excluding carboxylic acids is 1. The highest BCUT2D eigenvalue weighted by molar-refractivity contribution is 5.93. The first-order valence-electron chi connectivity index (χ1n) is 7.96. The highest BCUT2D eigenvalue weighted by Crippen LogP contribution is 2.24. The fourth-order valence-electron chi connectivity index (χ4n) is 3.44. The first-order valence-corrected chi connectivity index (χ1v) is 7.96. The van der Waals surface area contributed by atoms with E-state index in [0.717, 1.165) is 44.7 Å². The Bertz CT molecular complexity index is 510. The van der Waals surface area contributed by atoms with E-state index >= 15 is 0 Å². The number of nitrogens with one attached hydrogen (secondary N) is 1. The summed E-state index contributed by atoms with van der Waals surface area (Å²) in [5.41, 5.74) is 0.831. The second-order valence-corrected chi connectivity index (χ2v) is 6.25. The van der Waals surface area contributed by atoms with E-state index in [2.05, 4.69) is 10.2 Å². The van der Waals surface area contributed by atoms with E-state index in [-0.39, 0.29) is 24.5 Å². The topological polar surface area (TPSA) is 74.9 Å². The van der Waals surface area contributed by atoms with Crippen LogP contribution in [0.3, 0.4) is 0 Å². The van der Waals surface area contributed by atoms with Crippen molar-refractivity contribution in [3.63, 3.8) is 0 Å². The lowest BCUT2D eigenvalue weighted by molar-refractivity contribution is 0.0398. The van der Waals surface area contributed by atoms with Gasteiger partial charge in [0.25, 0.3) is 5.91 Å². The van der Waals surface area contributed by atoms with Gasteiger partial charge in [-0.15, -0.1) is 0 Å². The predicted octanol–water partition coefficient (Wildman–Crippen LogP) is 0.790. The summed E-state index contributed by atoms with van der Waals surface area (Å²) in [4.78, 5) is 14.7. The standard InChI is InChI=1S/C16H24N2O4/c1-11-2-7-22-15(11)16(20)17-14-9-18(8-12(14)10-19)13-3-5-21-6-4-13/h2,7,12-14,19H,3-6,8-10H2,1H3,(H,17,20)/t12-,14+/m0/s1. The van der Waals surface area contributed by atoms with E-state index in [1.807, 2.05) is 6.92 Å². The summed E-state index contributed by atoms with van der Waals surface area (Å²) in [5, 5.41) is 12.7. The number of aliphatic hydroxyl groups is 1. The number of ether oxygens (including phenoxy) is 1. The molecule has 0 radical (unpaired) electrons. The largest absolute Gasteiger partial charge is 0.459 e. The molecule has 0 aromatic carbocycles. The molecule has 6 heteroatoms. The third kappa shape index (κ3) is 3.19. The molecule has 0 aliphatic carbocycles. The molecule has 22 heavy (non-hydrogen) atoms. The molecule has 1 amide bonds. The zero-order valence-corrected chi connectivity index (χ0v) is 13.0. The number of aryl methyl sites for hydroxylation is 1. The fraction of sp³-hybridized carbons (Fsp3) is 0.688. The minimum Gasteiger partial charge on any atom is -0.459 e. The Morgan fingerprint density at radius 1 is 1.41 bits per heavy atom. The van der Waals surface area contributed by atoms with Crippen LogP contribution < -0.4 is 5.32 Å². The maximum atomic E-state index is 12.3. The van der Waals surface area contributed by atoms with Gasteiger partial charge in [-0.2, -0.15) is 0 Å². The molecule has 2 aliphatic heterocycles. The number of hydrogen-bond acceptors (Lipinski definition) is 5. The van der Waals surface area contributed by atoms with Crippen molar-refractivity contribution in [3.8, 4) is 0 Å². The monoisotopic (exact) mass is 308 g/mol. The lowest BCUT2D eigenvalue weighted by Gasteiger charge is -2.31. The molecule has 122 valence electrons. The average Bonchev–Trinajstić information content (AvgIpc) is 3.14. The van der Waals surface area contributed by atoms with Crippen molar-refractivity contribution < 1.29 is 19.1 Å². The van der Waals surface area contributed by atoms with E-state index in [4.69, 9.17) is 9.15 Å². The fourth-order valence-corrected chi connectivity index (χ4v) is 3.44. The Kier molecular flexibility index (Phi) is 4.81. The Balaban J connectivity index is 1.62. The highest BCUT2D eigenvalue weighted by Gasteiger charge is 2.37. The smallest absolute Gasteiger partial charge is 0.287 e. The van der Waals surface area contributed by atoms with E-state index < -0.39 is 0 Å². The zero-order valence-electron chi connectivity index (χ0n) is 13.0. The van der Waals surface area contributed by atoms with Gasteiger partial charge in [-0.05, 0) is 25.8 Å². The molecule has 2 saturated heterocycles. The summed E-state index contributed by atoms with van der Waals surface area (Å²) >= 11 is 0. The highest BCUT2D eigenvalue weighted by atomic mass is 16.5. The molecule has 1 aromatic rings. The Labute approximate surface area is 130 Å². The minimum absolute atomic E-state index is 0.0372. The maximum absolute atomic E-state index is 12.3. The van der Waals surface area contributed by atoms with Gasteiger partial charge in [0.1, 0.15) is 0 Å². The van der Waals surface area contributed by atoms with Crippen molar-refractivity contribution in [3.05, 3.63) is 23.7 Å². The first-order chi connectivity index (χ1) is 10.7. The summed E-state index contributed by atoms with van der Waals surface area (Å²) < 4.78 is 10.7. The number of furan rings is 1. The molecule has 6 nitrogen and oxygen atoms in total. The molecule has 0 saturated carbocycles. The number of carbonyl (C=O) groups is 1. The number of amides is 1. The van der Waals surface area contributed by atoms with E-state index in [1.54, 1.807) is 6.07 Å². The van der Waals surface area contributed by atoms with Gasteiger partial charge < -0.3 is 19.6 Å². The summed E-state index contributed by atoms with van der Waals surface area (Å²) in [7, 11) is 0. The van der Waals surface area contributed by atoms with Crippen molar-refractivity contribution in [2.45, 2.75) is 31.8 Å². The number of likely N-dealkylation sites (tertiary alicyclic amines) is 1. The second-order valence-electron chi connectivity index (χ2n) is 6.25. The molecular formula is C16H24N2O4. The van der Waals surface area contributed by atoms with E-state index in [0.29, 0.717) is 11.8 Å². The maximum Gasteiger partial charge on any atom is 0.287 e. The number of rotatable bonds is 4. The third-order valence-electron chi connectivity index (χ3n) is 4.80. The van der Waals surface area contributed by atoms with Gasteiger partial charge in [0.05, 0.1) is 6.26 Å². The number of aliphatic hydroxyl groups excluding tert-OH is 1. The van der Waals surface area contributed by atoms with Crippen molar-refractivity contribution >= 4 is 5.91 Å². The average molecular weight is 308 g/mol. The molecule has 0 bridgehead atoms. The third-order valence-corrected chi connectivity index (χ3v) is 4.80. The molecular weight excluding hydrogens is 284 g/mol. The SMILES string of the molecule is Cc1ccoc1C(=O)N[C@@H]1CN(C2CCOCC2)C[C@H]1CO. The molecule has 3 heterocycles. The van der Waals surface area contributed by atoms with E-state index in [9.17, 15) is 9.90 Å². The van der Waals surface area contributed by atoms with Crippen LogP contribution in [0.15, 0.2) is 16.7 Å². The molecule has 3 rings (SSSR count). The van der Waals surface area contributed by atoms with Crippen molar-refractivity contribution in [1.29, 1.82) is 0 Å². The van der Waals surface area contributed by atoms with Crippen LogP contribution in [0.25, 0.3) is 0 Å². The van der Waals surface area contributed by atoms with Crippen LogP contribution in [-0.2, 0) is 4.74 Å². The minimum atomic E-state index is -0.195. The van der Waals surface area contributed by atoms with Gasteiger partial charge in [0.2, 0.25) is 0 Å². The van der Waals surface area contributed by atoms with Crippen molar-refractivity contribution in [2.75, 3.05) is 32.9 Å². The normalized spacial score (nSPS) is 27.2. The molecule has 2 N–H and O–H groups in total. The van der Waals surface area contributed by atoms with Crippen molar-refractivity contribution in [1.82, 2.24) is 10.2 Å². The summed E-state index contributed by atoms with van der Waals surface area (Å²) in [6.07, 6.45) is 3.57. The number of hydrogen-bond donors (Lipinski definition) is 2. The first kappa shape index (κ1) is 15.5. The summed E-state index contributed by atoms with van der Waals surface area (Å²) in [6.45, 7) is 5.14. The Hall–Kier alpha value is -1.37. The van der Waals surface area contributed by atoms with Crippen LogP contribution >= 0.6 is 0 Å². The second kappa shape index (κ2) is 6.81. The molecule has 0 spiro atoms. The molecule has 1 aromatic heterocycles. The molecule has 2 fully saturated rings. The Morgan fingerprint density at radius 2 is 2.18 bits per heavy atom. The van der Waals surface area contributed by atoms with Gasteiger partial charge in [-0.3, -0.25) is 9.69 Å². The van der Waals surface area contributed by atoms with Crippen LogP contribution in [0, 0.1) is 12.8 Å². The van der Waals surface area contributed by atoms with Crippen molar-refractivity contribution in [2.24, 2.45) is 5.92 Å². The quantitative estimate of drug-likeness (QED) is 0.860. The number of nitrogens with zero attached hydrogens (tertiary/aromatic N) is 1. The van der Waals surface area contributed by atoms with Crippen LogP contribution in [0.1, 0.15) is 29.0 Å². The molecule has 0 unspecified atom stereocenters. The van der Waals surface area contributed by atoms with Gasteiger partial charge >= 0.3 is 0 Å². The van der Waals surface area contributed by atoms with Gasteiger partial charge in [-0.25, -0.2) is 0 Å². The predicted molar refractivity (Wildman–Crippen MR) is 80.7 cm³/mol. The van der Waals surface area contributed by atoms with Gasteiger partial charge in [-0.1, -0.05) is 0 Å². The zero-order chi connectivity index (χ0) is 15.5. The van der Waals surface area contributed by atoms with Crippen LogP contribution in [0.2, 0.25) is 0 Å². The lowest BCUT2D eigenvalue weighted by Crippen LogP contribution is -2.43. The van der Waals surface area contributed by atoms with Crippen LogP contribution in [0.4, 0.5) is 0 Å². The molecule has 2 atom stereocenters. The van der Waals surface area contributed by atoms with Crippen LogP contribution in [0.5, 0.6) is 0 Å².